The lowest BCUT2D eigenvalue weighted by molar-refractivity contribution is -0.384. The van der Waals surface area contributed by atoms with Crippen LogP contribution in [-0.4, -0.2) is 60.5 Å². The number of sulfonamides is 1. The molecule has 1 aromatic heterocycles. The normalized spacial score (nSPS) is 16.1. The fraction of sp³-hybridized carbons (Fsp3) is 0.214. The molecule has 11 nitrogen and oxygen atoms in total. The van der Waals surface area contributed by atoms with Gasteiger partial charge in [-0.1, -0.05) is 29.8 Å². The predicted molar refractivity (Wildman–Crippen MR) is 146 cm³/mol. The van der Waals surface area contributed by atoms with Gasteiger partial charge >= 0.3 is 0 Å². The lowest BCUT2D eigenvalue weighted by Crippen LogP contribution is -2.49. The van der Waals surface area contributed by atoms with Gasteiger partial charge in [-0.25, -0.2) is 8.42 Å². The molecule has 6 rings (SSSR count). The number of anilines is 1. The summed E-state index contributed by atoms with van der Waals surface area (Å²) >= 11 is 0. The Morgan fingerprint density at radius 3 is 2.27 bits per heavy atom. The highest BCUT2D eigenvalue weighted by Gasteiger charge is 2.38. The standard InChI is InChI=1S/C28H24N4O7S/c1-18-7-9-20(10-8-18)40(37,38)30-13-11-29(12-14-30)26-21-5-2-6-22-25(21)23(16-24(26)32(35)36)28(34)31(27(22)33)17-19-4-3-15-39-19/h2-10,15-16H,11-14,17H2,1H3. The van der Waals surface area contributed by atoms with Gasteiger partial charge in [0.25, 0.3) is 17.5 Å². The minimum Gasteiger partial charge on any atom is -0.467 e. The summed E-state index contributed by atoms with van der Waals surface area (Å²) in [6, 6.07) is 16.0. The van der Waals surface area contributed by atoms with Crippen molar-refractivity contribution in [2.24, 2.45) is 0 Å². The monoisotopic (exact) mass is 560 g/mol. The molecule has 0 spiro atoms. The second-order valence-electron chi connectivity index (χ2n) is 9.76. The smallest absolute Gasteiger partial charge is 0.293 e. The number of piperazine rings is 1. The van der Waals surface area contributed by atoms with Gasteiger partial charge in [-0.3, -0.25) is 24.6 Å². The fourth-order valence-corrected chi connectivity index (χ4v) is 6.79. The van der Waals surface area contributed by atoms with E-state index in [-0.39, 0.29) is 60.1 Å². The number of carbonyl (C=O) groups is 2. The molecule has 0 saturated carbocycles. The molecule has 3 heterocycles. The number of rotatable bonds is 6. The van der Waals surface area contributed by atoms with Gasteiger partial charge in [-0.15, -0.1) is 0 Å². The van der Waals surface area contributed by atoms with Crippen molar-refractivity contribution in [1.29, 1.82) is 0 Å². The number of benzene rings is 3. The molecule has 2 amide bonds. The summed E-state index contributed by atoms with van der Waals surface area (Å²) in [7, 11) is -3.73. The van der Waals surface area contributed by atoms with Crippen molar-refractivity contribution in [3.05, 3.63) is 99.5 Å². The van der Waals surface area contributed by atoms with Crippen molar-refractivity contribution < 1.29 is 27.3 Å². The number of hydrogen-bond acceptors (Lipinski definition) is 8. The summed E-state index contributed by atoms with van der Waals surface area (Å²) in [6.45, 7) is 2.39. The zero-order valence-electron chi connectivity index (χ0n) is 21.4. The second kappa shape index (κ2) is 9.57. The topological polar surface area (TPSA) is 134 Å². The zero-order chi connectivity index (χ0) is 28.2. The Hall–Kier alpha value is -4.55. The molecule has 0 N–H and O–H groups in total. The van der Waals surface area contributed by atoms with Crippen molar-refractivity contribution in [2.45, 2.75) is 18.4 Å². The van der Waals surface area contributed by atoms with Crippen LogP contribution in [0.1, 0.15) is 32.0 Å². The Morgan fingerprint density at radius 2 is 1.62 bits per heavy atom. The SMILES string of the molecule is Cc1ccc(S(=O)(=O)N2CCN(c3c([N+](=O)[O-])cc4c5c(cccc35)C(=O)N(Cc3ccco3)C4=O)CC2)cc1. The Morgan fingerprint density at radius 1 is 0.925 bits per heavy atom. The van der Waals surface area contributed by atoms with Crippen LogP contribution in [0.4, 0.5) is 11.4 Å². The largest absolute Gasteiger partial charge is 0.467 e. The van der Waals surface area contributed by atoms with E-state index in [1.807, 2.05) is 6.92 Å². The van der Waals surface area contributed by atoms with Crippen LogP contribution in [0.3, 0.4) is 0 Å². The van der Waals surface area contributed by atoms with E-state index >= 15 is 0 Å². The number of furan rings is 1. The van der Waals surface area contributed by atoms with Gasteiger partial charge in [-0.05, 0) is 37.3 Å². The number of carbonyl (C=O) groups excluding carboxylic acids is 2. The van der Waals surface area contributed by atoms with Gasteiger partial charge in [0, 0.05) is 48.6 Å². The first-order chi connectivity index (χ1) is 19.2. The van der Waals surface area contributed by atoms with Gasteiger partial charge in [0.2, 0.25) is 10.0 Å². The number of nitrogens with zero attached hydrogens (tertiary/aromatic N) is 4. The third-order valence-electron chi connectivity index (χ3n) is 7.37. The molecule has 0 bridgehead atoms. The molecule has 40 heavy (non-hydrogen) atoms. The van der Waals surface area contributed by atoms with E-state index in [2.05, 4.69) is 0 Å². The van der Waals surface area contributed by atoms with Crippen LogP contribution in [0.5, 0.6) is 0 Å². The number of aryl methyl sites for hydroxylation is 1. The van der Waals surface area contributed by atoms with Gasteiger partial charge < -0.3 is 9.32 Å². The maximum absolute atomic E-state index is 13.5. The molecular weight excluding hydrogens is 536 g/mol. The van der Waals surface area contributed by atoms with Gasteiger partial charge in [-0.2, -0.15) is 4.31 Å². The predicted octanol–water partition coefficient (Wildman–Crippen LogP) is 3.96. The first-order valence-electron chi connectivity index (χ1n) is 12.6. The average Bonchev–Trinajstić information content (AvgIpc) is 3.47. The summed E-state index contributed by atoms with van der Waals surface area (Å²) < 4.78 is 33.1. The molecule has 0 radical (unpaired) electrons. The Balaban J connectivity index is 1.37. The lowest BCUT2D eigenvalue weighted by Gasteiger charge is -2.36. The number of nitro benzene ring substituents is 1. The van der Waals surface area contributed by atoms with E-state index in [1.54, 1.807) is 59.5 Å². The summed E-state index contributed by atoms with van der Waals surface area (Å²) in [5.41, 5.74) is 1.25. The molecule has 4 aromatic rings. The average molecular weight is 561 g/mol. The molecule has 204 valence electrons. The van der Waals surface area contributed by atoms with Crippen LogP contribution in [0.2, 0.25) is 0 Å². The number of hydrogen-bond donors (Lipinski definition) is 0. The maximum Gasteiger partial charge on any atom is 0.293 e. The molecule has 2 aliphatic heterocycles. The molecular formula is C28H24N4O7S. The molecule has 0 unspecified atom stereocenters. The zero-order valence-corrected chi connectivity index (χ0v) is 22.3. The van der Waals surface area contributed by atoms with Crippen LogP contribution in [0, 0.1) is 17.0 Å². The van der Waals surface area contributed by atoms with E-state index in [0.717, 1.165) is 10.5 Å². The molecule has 1 fully saturated rings. The number of nitro groups is 1. The van der Waals surface area contributed by atoms with Crippen LogP contribution < -0.4 is 4.90 Å². The van der Waals surface area contributed by atoms with Gasteiger partial charge in [0.1, 0.15) is 11.4 Å². The molecule has 3 aromatic carbocycles. The summed E-state index contributed by atoms with van der Waals surface area (Å²) in [5, 5.41) is 13.0. The first kappa shape index (κ1) is 25.7. The summed E-state index contributed by atoms with van der Waals surface area (Å²) in [6.07, 6.45) is 1.44. The molecule has 2 aliphatic rings. The highest BCUT2D eigenvalue weighted by atomic mass is 32.2. The molecule has 12 heteroatoms. The van der Waals surface area contributed by atoms with Crippen LogP contribution in [0.25, 0.3) is 10.8 Å². The highest BCUT2D eigenvalue weighted by molar-refractivity contribution is 7.89. The van der Waals surface area contributed by atoms with Crippen molar-refractivity contribution in [3.8, 4) is 0 Å². The van der Waals surface area contributed by atoms with E-state index < -0.39 is 26.8 Å². The van der Waals surface area contributed by atoms with E-state index in [0.29, 0.717) is 16.5 Å². The molecule has 0 atom stereocenters. The third kappa shape index (κ3) is 4.12. The quantitative estimate of drug-likeness (QED) is 0.197. The highest BCUT2D eigenvalue weighted by Crippen LogP contribution is 2.43. The maximum atomic E-state index is 13.5. The van der Waals surface area contributed by atoms with Gasteiger partial charge in [0.15, 0.2) is 0 Å². The van der Waals surface area contributed by atoms with Crippen molar-refractivity contribution in [3.63, 3.8) is 0 Å². The number of amides is 2. The van der Waals surface area contributed by atoms with E-state index in [9.17, 15) is 28.1 Å². The first-order valence-corrected chi connectivity index (χ1v) is 14.1. The second-order valence-corrected chi connectivity index (χ2v) is 11.7. The number of imide groups is 1. The van der Waals surface area contributed by atoms with Gasteiger partial charge in [0.05, 0.1) is 28.2 Å². The summed E-state index contributed by atoms with van der Waals surface area (Å²) in [5.74, 6) is -0.760. The Bertz CT molecular complexity index is 1780. The molecule has 0 aliphatic carbocycles. The summed E-state index contributed by atoms with van der Waals surface area (Å²) in [4.78, 5) is 41.6. The lowest BCUT2D eigenvalue weighted by atomic mass is 9.91. The van der Waals surface area contributed by atoms with E-state index in [1.165, 1.54) is 16.6 Å². The van der Waals surface area contributed by atoms with E-state index in [4.69, 9.17) is 4.42 Å². The fourth-order valence-electron chi connectivity index (χ4n) is 5.37. The Labute approximate surface area is 229 Å². The van der Waals surface area contributed by atoms with Crippen molar-refractivity contribution in [2.75, 3.05) is 31.1 Å². The minimum atomic E-state index is -3.73. The van der Waals surface area contributed by atoms with Crippen LogP contribution in [-0.2, 0) is 16.6 Å². The van der Waals surface area contributed by atoms with Crippen molar-refractivity contribution >= 4 is 44.0 Å². The van der Waals surface area contributed by atoms with Crippen molar-refractivity contribution in [1.82, 2.24) is 9.21 Å². The van der Waals surface area contributed by atoms with Crippen LogP contribution in [0.15, 0.2) is 76.2 Å². The molecule has 1 saturated heterocycles. The van der Waals surface area contributed by atoms with Crippen LogP contribution >= 0.6 is 0 Å². The third-order valence-corrected chi connectivity index (χ3v) is 9.28. The minimum absolute atomic E-state index is 0.0628. The Kier molecular flexibility index (Phi) is 6.15.